The fourth-order valence-electron chi connectivity index (χ4n) is 2.66. The van der Waals surface area contributed by atoms with Crippen molar-refractivity contribution in [2.45, 2.75) is 6.92 Å². The molecule has 8 nitrogen and oxygen atoms in total. The molecule has 2 amide bonds. The standard InChI is InChI=1S/C21H17FN2O6S2/c1-2-29-16-9-12(7-8-15(16)30-11-18(25)26)10-17-20(28)24(21(31)32-17)23-19(27)13-5-3-4-6-14(13)22/h3-10H,2,11H2,1H3,(H,23,27)(H,25,26)/b17-10+. The highest BCUT2D eigenvalue weighted by molar-refractivity contribution is 8.26. The van der Waals surface area contributed by atoms with E-state index in [4.69, 9.17) is 26.8 Å². The van der Waals surface area contributed by atoms with E-state index in [0.717, 1.165) is 22.8 Å². The Balaban J connectivity index is 1.79. The highest BCUT2D eigenvalue weighted by Gasteiger charge is 2.34. The van der Waals surface area contributed by atoms with Gasteiger partial charge in [-0.25, -0.2) is 9.18 Å². The molecule has 1 aliphatic heterocycles. The van der Waals surface area contributed by atoms with Crippen molar-refractivity contribution >= 4 is 52.2 Å². The third-order valence-electron chi connectivity index (χ3n) is 4.04. The maximum absolute atomic E-state index is 13.8. The Morgan fingerprint density at radius 3 is 2.66 bits per heavy atom. The van der Waals surface area contributed by atoms with E-state index in [1.165, 1.54) is 30.3 Å². The third kappa shape index (κ3) is 5.42. The Hall–Kier alpha value is -3.44. The number of halogens is 1. The highest BCUT2D eigenvalue weighted by Crippen LogP contribution is 2.34. The lowest BCUT2D eigenvalue weighted by atomic mass is 10.2. The number of rotatable bonds is 8. The number of hydrazine groups is 1. The van der Waals surface area contributed by atoms with Crippen LogP contribution in [0.5, 0.6) is 11.5 Å². The Bertz CT molecular complexity index is 1120. The molecule has 2 N–H and O–H groups in total. The molecule has 3 rings (SSSR count). The topological polar surface area (TPSA) is 105 Å². The molecule has 0 aliphatic carbocycles. The minimum Gasteiger partial charge on any atom is -0.490 e. The predicted molar refractivity (Wildman–Crippen MR) is 120 cm³/mol. The van der Waals surface area contributed by atoms with Gasteiger partial charge in [0.2, 0.25) is 0 Å². The molecule has 0 bridgehead atoms. The van der Waals surface area contributed by atoms with Gasteiger partial charge in [-0.2, -0.15) is 5.01 Å². The number of aliphatic carboxylic acids is 1. The normalized spacial score (nSPS) is 14.6. The minimum absolute atomic E-state index is 0.0809. The molecule has 0 spiro atoms. The number of carboxylic acids is 1. The Kier molecular flexibility index (Phi) is 7.44. The van der Waals surface area contributed by atoms with Crippen molar-refractivity contribution in [1.29, 1.82) is 0 Å². The van der Waals surface area contributed by atoms with Crippen LogP contribution in [0.25, 0.3) is 6.08 Å². The number of carboxylic acid groups (broad SMARTS) is 1. The second-order valence-electron chi connectivity index (χ2n) is 6.26. The van der Waals surface area contributed by atoms with E-state index >= 15 is 0 Å². The van der Waals surface area contributed by atoms with Crippen molar-refractivity contribution in [3.8, 4) is 11.5 Å². The van der Waals surface area contributed by atoms with Gasteiger partial charge in [0.15, 0.2) is 22.4 Å². The van der Waals surface area contributed by atoms with E-state index < -0.39 is 30.2 Å². The van der Waals surface area contributed by atoms with Crippen LogP contribution < -0.4 is 14.9 Å². The lowest BCUT2D eigenvalue weighted by Crippen LogP contribution is -2.45. The van der Waals surface area contributed by atoms with Gasteiger partial charge in [-0.05, 0) is 55.0 Å². The van der Waals surface area contributed by atoms with E-state index in [1.807, 2.05) is 0 Å². The monoisotopic (exact) mass is 476 g/mol. The lowest BCUT2D eigenvalue weighted by Gasteiger charge is -2.15. The molecule has 2 aromatic carbocycles. The summed E-state index contributed by atoms with van der Waals surface area (Å²) in [6.45, 7) is 1.55. The summed E-state index contributed by atoms with van der Waals surface area (Å²) in [4.78, 5) is 36.0. The molecule has 1 saturated heterocycles. The van der Waals surface area contributed by atoms with Crippen molar-refractivity contribution < 1.29 is 33.4 Å². The Morgan fingerprint density at radius 1 is 1.22 bits per heavy atom. The van der Waals surface area contributed by atoms with Crippen LogP contribution in [0.1, 0.15) is 22.8 Å². The summed E-state index contributed by atoms with van der Waals surface area (Å²) in [6, 6.07) is 10.1. The van der Waals surface area contributed by atoms with Crippen molar-refractivity contribution in [3.63, 3.8) is 0 Å². The minimum atomic E-state index is -1.13. The van der Waals surface area contributed by atoms with E-state index in [2.05, 4.69) is 5.43 Å². The van der Waals surface area contributed by atoms with Crippen LogP contribution in [0.15, 0.2) is 47.4 Å². The summed E-state index contributed by atoms with van der Waals surface area (Å²) in [5.74, 6) is -2.67. The van der Waals surface area contributed by atoms with Gasteiger partial charge in [0, 0.05) is 0 Å². The van der Waals surface area contributed by atoms with Gasteiger partial charge < -0.3 is 14.6 Å². The smallest absolute Gasteiger partial charge is 0.341 e. The predicted octanol–water partition coefficient (Wildman–Crippen LogP) is 3.23. The molecule has 1 fully saturated rings. The van der Waals surface area contributed by atoms with E-state index in [-0.39, 0.29) is 20.5 Å². The average Bonchev–Trinajstić information content (AvgIpc) is 3.01. The van der Waals surface area contributed by atoms with Crippen LogP contribution in [0.4, 0.5) is 4.39 Å². The SMILES string of the molecule is CCOc1cc(/C=C2/SC(=S)N(NC(=O)c3ccccc3F)C2=O)ccc1OCC(=O)O. The lowest BCUT2D eigenvalue weighted by molar-refractivity contribution is -0.139. The number of hydrogen-bond acceptors (Lipinski definition) is 7. The first-order valence-electron chi connectivity index (χ1n) is 9.25. The van der Waals surface area contributed by atoms with Crippen LogP contribution in [0.2, 0.25) is 0 Å². The molecule has 0 unspecified atom stereocenters. The third-order valence-corrected chi connectivity index (χ3v) is 5.34. The van der Waals surface area contributed by atoms with Crippen LogP contribution in [-0.4, -0.2) is 45.4 Å². The number of nitrogens with zero attached hydrogens (tertiary/aromatic N) is 1. The Labute approximate surface area is 192 Å². The molecule has 0 aromatic heterocycles. The van der Waals surface area contributed by atoms with E-state index in [0.29, 0.717) is 17.9 Å². The number of ether oxygens (including phenoxy) is 2. The van der Waals surface area contributed by atoms with Crippen LogP contribution >= 0.6 is 24.0 Å². The van der Waals surface area contributed by atoms with Crippen molar-refractivity contribution in [2.75, 3.05) is 13.2 Å². The van der Waals surface area contributed by atoms with Crippen molar-refractivity contribution in [1.82, 2.24) is 10.4 Å². The molecule has 2 aromatic rings. The second kappa shape index (κ2) is 10.2. The molecule has 0 radical (unpaired) electrons. The van der Waals surface area contributed by atoms with Gasteiger partial charge in [-0.15, -0.1) is 0 Å². The average molecular weight is 477 g/mol. The second-order valence-corrected chi connectivity index (χ2v) is 7.94. The molecule has 1 aliphatic rings. The number of hydrogen-bond donors (Lipinski definition) is 2. The van der Waals surface area contributed by atoms with Crippen LogP contribution in [-0.2, 0) is 9.59 Å². The summed E-state index contributed by atoms with van der Waals surface area (Å²) in [5, 5.41) is 9.67. The number of benzene rings is 2. The largest absolute Gasteiger partial charge is 0.490 e. The maximum atomic E-state index is 13.8. The first kappa shape index (κ1) is 23.2. The molecule has 11 heteroatoms. The number of thioether (sulfide) groups is 1. The fourth-order valence-corrected chi connectivity index (χ4v) is 3.84. The van der Waals surface area contributed by atoms with Crippen molar-refractivity contribution in [2.24, 2.45) is 0 Å². The molecule has 32 heavy (non-hydrogen) atoms. The zero-order valence-corrected chi connectivity index (χ0v) is 18.3. The summed E-state index contributed by atoms with van der Waals surface area (Å²) >= 11 is 6.14. The first-order valence-corrected chi connectivity index (χ1v) is 10.5. The Morgan fingerprint density at radius 2 is 1.97 bits per heavy atom. The van der Waals surface area contributed by atoms with Gasteiger partial charge in [-0.1, -0.05) is 30.0 Å². The van der Waals surface area contributed by atoms with Gasteiger partial charge in [0.25, 0.3) is 11.8 Å². The number of thiocarbonyl (C=S) groups is 1. The molecular formula is C21H17FN2O6S2. The number of carbonyl (C=O) groups is 3. The zero-order chi connectivity index (χ0) is 23.3. The van der Waals surface area contributed by atoms with E-state index in [9.17, 15) is 18.8 Å². The van der Waals surface area contributed by atoms with Crippen LogP contribution in [0, 0.1) is 5.82 Å². The summed E-state index contributed by atoms with van der Waals surface area (Å²) in [5.41, 5.74) is 2.67. The summed E-state index contributed by atoms with van der Waals surface area (Å²) in [6.07, 6.45) is 1.54. The molecule has 1 heterocycles. The molecule has 0 atom stereocenters. The quantitative estimate of drug-likeness (QED) is 0.442. The van der Waals surface area contributed by atoms with Gasteiger partial charge >= 0.3 is 5.97 Å². The molecule has 0 saturated carbocycles. The zero-order valence-electron chi connectivity index (χ0n) is 16.7. The fraction of sp³-hybridized carbons (Fsp3) is 0.143. The maximum Gasteiger partial charge on any atom is 0.341 e. The number of carbonyl (C=O) groups excluding carboxylic acids is 2. The molecular weight excluding hydrogens is 459 g/mol. The number of amides is 2. The summed E-state index contributed by atoms with van der Waals surface area (Å²) in [7, 11) is 0. The van der Waals surface area contributed by atoms with Gasteiger partial charge in [0.05, 0.1) is 17.1 Å². The molecule has 166 valence electrons. The highest BCUT2D eigenvalue weighted by atomic mass is 32.2. The van der Waals surface area contributed by atoms with Gasteiger partial charge in [0.1, 0.15) is 5.82 Å². The van der Waals surface area contributed by atoms with Crippen LogP contribution in [0.3, 0.4) is 0 Å². The van der Waals surface area contributed by atoms with Gasteiger partial charge in [-0.3, -0.25) is 15.0 Å². The van der Waals surface area contributed by atoms with Crippen molar-refractivity contribution in [3.05, 3.63) is 64.3 Å². The number of nitrogens with one attached hydrogen (secondary N) is 1. The summed E-state index contributed by atoms with van der Waals surface area (Å²) < 4.78 is 24.6. The van der Waals surface area contributed by atoms with E-state index in [1.54, 1.807) is 19.1 Å². The first-order chi connectivity index (χ1) is 15.3.